The monoisotopic (exact) mass is 404 g/mol. The Kier molecular flexibility index (Phi) is 8.12. The lowest BCUT2D eigenvalue weighted by Gasteiger charge is -2.18. The molecule has 1 fully saturated rings. The van der Waals surface area contributed by atoms with Crippen molar-refractivity contribution >= 4 is 11.9 Å². The van der Waals surface area contributed by atoms with E-state index in [1.807, 2.05) is 12.1 Å². The summed E-state index contributed by atoms with van der Waals surface area (Å²) >= 11 is 0. The van der Waals surface area contributed by atoms with Crippen LogP contribution >= 0.6 is 0 Å². The number of carboxylic acid groups (broad SMARTS) is 2. The number of rotatable bonds is 14. The molecule has 0 saturated heterocycles. The Morgan fingerprint density at radius 3 is 2.21 bits per heavy atom. The largest absolute Gasteiger partial charge is 0.508 e. The van der Waals surface area contributed by atoms with Crippen LogP contribution in [0.3, 0.4) is 0 Å². The highest BCUT2D eigenvalue weighted by molar-refractivity contribution is 5.77. The van der Waals surface area contributed by atoms with Gasteiger partial charge in [0.1, 0.15) is 5.75 Å². The van der Waals surface area contributed by atoms with Gasteiger partial charge < -0.3 is 15.3 Å². The zero-order valence-corrected chi connectivity index (χ0v) is 17.9. The molecule has 5 heteroatoms. The second kappa shape index (κ2) is 10.1. The average Bonchev–Trinajstić information content (AvgIpc) is 3.44. The van der Waals surface area contributed by atoms with E-state index in [9.17, 15) is 19.8 Å². The topological polar surface area (TPSA) is 94.8 Å². The van der Waals surface area contributed by atoms with E-state index in [0.29, 0.717) is 12.2 Å². The van der Waals surface area contributed by atoms with E-state index in [1.165, 1.54) is 0 Å². The highest BCUT2D eigenvalue weighted by Gasteiger charge is 2.49. The predicted molar refractivity (Wildman–Crippen MR) is 113 cm³/mol. The van der Waals surface area contributed by atoms with E-state index in [0.717, 1.165) is 81.8 Å². The van der Waals surface area contributed by atoms with E-state index >= 15 is 0 Å². The Morgan fingerprint density at radius 1 is 0.966 bits per heavy atom. The molecule has 0 aromatic heterocycles. The lowest BCUT2D eigenvalue weighted by atomic mass is 9.87. The SMILES string of the molecule is CC(C)(CCCCCc1ccc(CCCCCC2(C(=O)O)CC2)cc1O)C(=O)O. The van der Waals surface area contributed by atoms with Crippen molar-refractivity contribution in [1.29, 1.82) is 0 Å². The van der Waals surface area contributed by atoms with E-state index in [2.05, 4.69) is 6.07 Å². The molecular weight excluding hydrogens is 368 g/mol. The molecule has 1 aliphatic carbocycles. The van der Waals surface area contributed by atoms with Crippen molar-refractivity contribution in [3.05, 3.63) is 29.3 Å². The summed E-state index contributed by atoms with van der Waals surface area (Å²) in [5.74, 6) is -1.04. The van der Waals surface area contributed by atoms with Crippen molar-refractivity contribution < 1.29 is 24.9 Å². The zero-order chi connectivity index (χ0) is 21.5. The first-order chi connectivity index (χ1) is 13.7. The van der Waals surface area contributed by atoms with Crippen LogP contribution in [0.1, 0.15) is 89.2 Å². The Hall–Kier alpha value is -2.04. The van der Waals surface area contributed by atoms with Crippen molar-refractivity contribution in [1.82, 2.24) is 0 Å². The minimum atomic E-state index is -0.750. The number of carbonyl (C=O) groups is 2. The van der Waals surface area contributed by atoms with Crippen LogP contribution in [0.5, 0.6) is 5.75 Å². The van der Waals surface area contributed by atoms with Crippen LogP contribution in [-0.4, -0.2) is 27.3 Å². The van der Waals surface area contributed by atoms with E-state index in [-0.39, 0.29) is 0 Å². The van der Waals surface area contributed by atoms with Crippen LogP contribution in [0.2, 0.25) is 0 Å². The van der Waals surface area contributed by atoms with Gasteiger partial charge in [-0.1, -0.05) is 37.8 Å². The Labute approximate surface area is 174 Å². The minimum Gasteiger partial charge on any atom is -0.508 e. The summed E-state index contributed by atoms with van der Waals surface area (Å²) in [7, 11) is 0. The smallest absolute Gasteiger partial charge is 0.309 e. The molecule has 5 nitrogen and oxygen atoms in total. The van der Waals surface area contributed by atoms with Gasteiger partial charge in [-0.2, -0.15) is 0 Å². The fourth-order valence-electron chi connectivity index (χ4n) is 3.83. The predicted octanol–water partition coefficient (Wildman–Crippen LogP) is 5.57. The fourth-order valence-corrected chi connectivity index (χ4v) is 3.83. The molecule has 1 aromatic carbocycles. The van der Waals surface area contributed by atoms with Gasteiger partial charge in [0.2, 0.25) is 0 Å². The maximum absolute atomic E-state index is 11.2. The van der Waals surface area contributed by atoms with Gasteiger partial charge in [-0.25, -0.2) is 0 Å². The van der Waals surface area contributed by atoms with E-state index < -0.39 is 22.8 Å². The zero-order valence-electron chi connectivity index (χ0n) is 17.9. The summed E-state index contributed by atoms with van der Waals surface area (Å²) in [6.07, 6.45) is 10.6. The highest BCUT2D eigenvalue weighted by Crippen LogP contribution is 2.50. The van der Waals surface area contributed by atoms with Gasteiger partial charge in [-0.3, -0.25) is 9.59 Å². The summed E-state index contributed by atoms with van der Waals surface area (Å²) in [4.78, 5) is 22.3. The molecule has 162 valence electrons. The number of aryl methyl sites for hydroxylation is 2. The Bertz CT molecular complexity index is 703. The van der Waals surface area contributed by atoms with Crippen LogP contribution in [0.25, 0.3) is 0 Å². The molecule has 0 atom stereocenters. The lowest BCUT2D eigenvalue weighted by Crippen LogP contribution is -2.23. The normalized spacial score (nSPS) is 15.2. The molecule has 0 bridgehead atoms. The summed E-state index contributed by atoms with van der Waals surface area (Å²) in [5.41, 5.74) is 0.983. The van der Waals surface area contributed by atoms with Crippen LogP contribution in [-0.2, 0) is 22.4 Å². The third kappa shape index (κ3) is 7.06. The number of benzene rings is 1. The van der Waals surface area contributed by atoms with Crippen molar-refractivity contribution in [2.75, 3.05) is 0 Å². The number of phenols is 1. The molecule has 2 rings (SSSR count). The van der Waals surface area contributed by atoms with Gasteiger partial charge in [0, 0.05) is 0 Å². The van der Waals surface area contributed by atoms with E-state index in [1.54, 1.807) is 13.8 Å². The molecule has 0 unspecified atom stereocenters. The van der Waals surface area contributed by atoms with Crippen LogP contribution in [0.4, 0.5) is 0 Å². The molecule has 1 aromatic rings. The van der Waals surface area contributed by atoms with Gasteiger partial charge in [0.15, 0.2) is 0 Å². The fraction of sp³-hybridized carbons (Fsp3) is 0.667. The average molecular weight is 405 g/mol. The van der Waals surface area contributed by atoms with Crippen molar-refractivity contribution in [2.45, 2.75) is 90.9 Å². The summed E-state index contributed by atoms with van der Waals surface area (Å²) in [6.45, 7) is 3.52. The maximum Gasteiger partial charge on any atom is 0.309 e. The number of hydrogen-bond donors (Lipinski definition) is 3. The molecule has 1 saturated carbocycles. The van der Waals surface area contributed by atoms with Crippen molar-refractivity contribution in [2.24, 2.45) is 10.8 Å². The first-order valence-electron chi connectivity index (χ1n) is 10.9. The number of aromatic hydroxyl groups is 1. The Morgan fingerprint density at radius 2 is 1.62 bits per heavy atom. The van der Waals surface area contributed by atoms with Crippen LogP contribution in [0, 0.1) is 10.8 Å². The van der Waals surface area contributed by atoms with Crippen LogP contribution in [0.15, 0.2) is 18.2 Å². The van der Waals surface area contributed by atoms with Gasteiger partial charge in [-0.05, 0) is 82.4 Å². The number of hydrogen-bond acceptors (Lipinski definition) is 3. The van der Waals surface area contributed by atoms with Gasteiger partial charge >= 0.3 is 11.9 Å². The molecule has 0 heterocycles. The quantitative estimate of drug-likeness (QED) is 0.352. The molecule has 0 spiro atoms. The number of aliphatic carboxylic acids is 2. The third-order valence-corrected chi connectivity index (χ3v) is 6.40. The summed E-state index contributed by atoms with van der Waals surface area (Å²) in [5, 5.41) is 28.6. The second-order valence-electron chi connectivity index (χ2n) is 9.36. The Balaban J connectivity index is 1.64. The van der Waals surface area contributed by atoms with Crippen molar-refractivity contribution in [3.63, 3.8) is 0 Å². The van der Waals surface area contributed by atoms with Crippen molar-refractivity contribution in [3.8, 4) is 5.75 Å². The minimum absolute atomic E-state index is 0.344. The lowest BCUT2D eigenvalue weighted by molar-refractivity contribution is -0.147. The first kappa shape index (κ1) is 23.2. The van der Waals surface area contributed by atoms with Gasteiger partial charge in [0.25, 0.3) is 0 Å². The summed E-state index contributed by atoms with van der Waals surface area (Å²) in [6, 6.07) is 5.92. The number of phenolic OH excluding ortho intramolecular Hbond substituents is 1. The molecule has 3 N–H and O–H groups in total. The van der Waals surface area contributed by atoms with Gasteiger partial charge in [-0.15, -0.1) is 0 Å². The molecule has 1 aliphatic rings. The number of carboxylic acids is 2. The summed E-state index contributed by atoms with van der Waals surface area (Å²) < 4.78 is 0. The number of unbranched alkanes of at least 4 members (excludes halogenated alkanes) is 4. The highest BCUT2D eigenvalue weighted by atomic mass is 16.4. The molecule has 29 heavy (non-hydrogen) atoms. The molecular formula is C24H36O5. The first-order valence-corrected chi connectivity index (χ1v) is 10.9. The second-order valence-corrected chi connectivity index (χ2v) is 9.36. The maximum atomic E-state index is 11.2. The standard InChI is InChI=1S/C24H36O5/c1-23(2,21(26)27)13-7-4-6-10-19-12-11-18(17-20(19)25)9-5-3-8-14-24(15-16-24)22(28)29/h11-12,17,25H,3-10,13-16H2,1-2H3,(H,26,27)(H,28,29). The van der Waals surface area contributed by atoms with Gasteiger partial charge in [0.05, 0.1) is 10.8 Å². The third-order valence-electron chi connectivity index (χ3n) is 6.40. The van der Waals surface area contributed by atoms with E-state index in [4.69, 9.17) is 5.11 Å². The van der Waals surface area contributed by atoms with Crippen LogP contribution < -0.4 is 0 Å². The molecule has 0 amide bonds. The molecule has 0 radical (unpaired) electrons. The molecule has 0 aliphatic heterocycles.